The molecule has 6 heteroatoms. The van der Waals surface area contributed by atoms with Gasteiger partial charge in [0, 0.05) is 18.7 Å². The number of hydrogen-bond acceptors (Lipinski definition) is 4. The van der Waals surface area contributed by atoms with Gasteiger partial charge in [0.2, 0.25) is 5.91 Å². The second-order valence-electron chi connectivity index (χ2n) is 6.78. The zero-order chi connectivity index (χ0) is 18.4. The van der Waals surface area contributed by atoms with Gasteiger partial charge in [-0.15, -0.1) is 0 Å². The molecule has 0 unspecified atom stereocenters. The number of hydrogen-bond donors (Lipinski definition) is 2. The van der Waals surface area contributed by atoms with Gasteiger partial charge in [0.1, 0.15) is 0 Å². The lowest BCUT2D eigenvalue weighted by atomic mass is 9.78. The van der Waals surface area contributed by atoms with E-state index in [0.717, 1.165) is 12.8 Å². The van der Waals surface area contributed by atoms with Gasteiger partial charge < -0.3 is 15.4 Å². The average Bonchev–Trinajstić information content (AvgIpc) is 2.57. The minimum absolute atomic E-state index is 0.145. The van der Waals surface area contributed by atoms with Crippen LogP contribution < -0.4 is 10.6 Å². The first kappa shape index (κ1) is 19.0. The van der Waals surface area contributed by atoms with Crippen LogP contribution in [0.4, 0.5) is 5.69 Å². The number of nitrogens with one attached hydrogen (secondary N) is 2. The molecule has 1 aliphatic carbocycles. The van der Waals surface area contributed by atoms with Crippen molar-refractivity contribution >= 4 is 23.5 Å². The number of carbonyl (C=O) groups is 3. The molecule has 1 fully saturated rings. The van der Waals surface area contributed by atoms with E-state index in [9.17, 15) is 14.4 Å². The highest BCUT2D eigenvalue weighted by atomic mass is 16.5. The van der Waals surface area contributed by atoms with Crippen LogP contribution in [-0.2, 0) is 14.3 Å². The van der Waals surface area contributed by atoms with Crippen LogP contribution in [0.15, 0.2) is 24.3 Å². The molecule has 1 aliphatic rings. The molecule has 25 heavy (non-hydrogen) atoms. The van der Waals surface area contributed by atoms with Crippen LogP contribution in [0.25, 0.3) is 0 Å². The summed E-state index contributed by atoms with van der Waals surface area (Å²) < 4.78 is 5.08. The first-order valence-electron chi connectivity index (χ1n) is 8.71. The Balaban J connectivity index is 1.80. The topological polar surface area (TPSA) is 84.5 Å². The molecule has 0 bridgehead atoms. The van der Waals surface area contributed by atoms with Gasteiger partial charge in [-0.3, -0.25) is 9.59 Å². The molecule has 0 spiro atoms. The lowest BCUT2D eigenvalue weighted by Gasteiger charge is -2.34. The van der Waals surface area contributed by atoms with E-state index in [1.807, 2.05) is 0 Å². The van der Waals surface area contributed by atoms with E-state index < -0.39 is 5.97 Å². The molecule has 6 nitrogen and oxygen atoms in total. The highest BCUT2D eigenvalue weighted by Gasteiger charge is 2.28. The zero-order valence-corrected chi connectivity index (χ0v) is 15.0. The standard InChI is InChI=1S/C19H26N2O4/c1-12-5-4-6-17(13(12)2)21-18(23)11-25-19(24)15-7-9-16(10-8-15)20-14(3)22/h7-10,12-13,17H,4-6,11H2,1-3H3,(H,20,22)(H,21,23)/t12-,13+,17+/m0/s1. The number of benzene rings is 1. The van der Waals surface area contributed by atoms with Gasteiger partial charge >= 0.3 is 5.97 Å². The molecule has 0 heterocycles. The van der Waals surface area contributed by atoms with Crippen LogP contribution in [-0.4, -0.2) is 30.4 Å². The number of amides is 2. The van der Waals surface area contributed by atoms with Gasteiger partial charge in [0.05, 0.1) is 5.56 Å². The molecule has 1 aromatic rings. The third-order valence-corrected chi connectivity index (χ3v) is 4.83. The second kappa shape index (κ2) is 8.65. The van der Waals surface area contributed by atoms with Gasteiger partial charge in [-0.25, -0.2) is 4.79 Å². The van der Waals surface area contributed by atoms with Gasteiger partial charge in [-0.1, -0.05) is 26.7 Å². The van der Waals surface area contributed by atoms with Crippen molar-refractivity contribution in [2.24, 2.45) is 11.8 Å². The maximum atomic E-state index is 12.0. The lowest BCUT2D eigenvalue weighted by Crippen LogP contribution is -2.45. The summed E-state index contributed by atoms with van der Waals surface area (Å²) in [6.45, 7) is 5.48. The van der Waals surface area contributed by atoms with Gasteiger partial charge in [0.15, 0.2) is 6.61 Å². The van der Waals surface area contributed by atoms with E-state index in [1.165, 1.54) is 13.3 Å². The fraction of sp³-hybridized carbons (Fsp3) is 0.526. The molecule has 136 valence electrons. The molecule has 2 amide bonds. The fourth-order valence-electron chi connectivity index (χ4n) is 3.14. The Morgan fingerprint density at radius 1 is 1.12 bits per heavy atom. The molecule has 2 rings (SSSR count). The second-order valence-corrected chi connectivity index (χ2v) is 6.78. The van der Waals surface area contributed by atoms with Crippen LogP contribution in [0.3, 0.4) is 0 Å². The number of anilines is 1. The van der Waals surface area contributed by atoms with Crippen molar-refractivity contribution < 1.29 is 19.1 Å². The molecule has 3 atom stereocenters. The molecule has 1 saturated carbocycles. The van der Waals surface area contributed by atoms with Crippen molar-refractivity contribution in [3.63, 3.8) is 0 Å². The van der Waals surface area contributed by atoms with Crippen LogP contribution in [0.5, 0.6) is 0 Å². The van der Waals surface area contributed by atoms with E-state index in [-0.39, 0.29) is 24.5 Å². The summed E-state index contributed by atoms with van der Waals surface area (Å²) in [7, 11) is 0. The van der Waals surface area contributed by atoms with Crippen LogP contribution in [0, 0.1) is 11.8 Å². The molecule has 0 radical (unpaired) electrons. The summed E-state index contributed by atoms with van der Waals surface area (Å²) in [5.41, 5.74) is 0.934. The Labute approximate surface area is 148 Å². The molecular weight excluding hydrogens is 320 g/mol. The fourth-order valence-corrected chi connectivity index (χ4v) is 3.14. The minimum atomic E-state index is -0.561. The van der Waals surface area contributed by atoms with Gasteiger partial charge in [0.25, 0.3) is 5.91 Å². The van der Waals surface area contributed by atoms with E-state index >= 15 is 0 Å². The quantitative estimate of drug-likeness (QED) is 0.803. The summed E-state index contributed by atoms with van der Waals surface area (Å²) in [5.74, 6) is 0.000424. The smallest absolute Gasteiger partial charge is 0.338 e. The first-order valence-corrected chi connectivity index (χ1v) is 8.71. The molecule has 1 aromatic carbocycles. The molecule has 0 saturated heterocycles. The Kier molecular flexibility index (Phi) is 6.56. The number of esters is 1. The summed E-state index contributed by atoms with van der Waals surface area (Å²) in [5, 5.41) is 5.59. The zero-order valence-electron chi connectivity index (χ0n) is 15.0. The summed E-state index contributed by atoms with van der Waals surface area (Å²) >= 11 is 0. The predicted molar refractivity (Wildman–Crippen MR) is 95.1 cm³/mol. The average molecular weight is 346 g/mol. The van der Waals surface area contributed by atoms with Crippen molar-refractivity contribution in [1.82, 2.24) is 5.32 Å². The van der Waals surface area contributed by atoms with E-state index in [0.29, 0.717) is 23.1 Å². The monoisotopic (exact) mass is 346 g/mol. The number of ether oxygens (including phenoxy) is 1. The van der Waals surface area contributed by atoms with Crippen LogP contribution in [0.1, 0.15) is 50.4 Å². The van der Waals surface area contributed by atoms with E-state index in [4.69, 9.17) is 4.74 Å². The minimum Gasteiger partial charge on any atom is -0.452 e. The highest BCUT2D eigenvalue weighted by Crippen LogP contribution is 2.29. The Morgan fingerprint density at radius 2 is 1.80 bits per heavy atom. The summed E-state index contributed by atoms with van der Waals surface area (Å²) in [4.78, 5) is 35.0. The molecule has 0 aliphatic heterocycles. The van der Waals surface area contributed by atoms with E-state index in [2.05, 4.69) is 24.5 Å². The Bertz CT molecular complexity index is 627. The number of rotatable bonds is 5. The van der Waals surface area contributed by atoms with E-state index in [1.54, 1.807) is 24.3 Å². The highest BCUT2D eigenvalue weighted by molar-refractivity contribution is 5.93. The number of carbonyl (C=O) groups excluding carboxylic acids is 3. The Morgan fingerprint density at radius 3 is 2.44 bits per heavy atom. The molecular formula is C19H26N2O4. The van der Waals surface area contributed by atoms with Crippen LogP contribution in [0.2, 0.25) is 0 Å². The van der Waals surface area contributed by atoms with Crippen molar-refractivity contribution in [3.05, 3.63) is 29.8 Å². The van der Waals surface area contributed by atoms with Crippen LogP contribution >= 0.6 is 0 Å². The van der Waals surface area contributed by atoms with Gasteiger partial charge in [-0.2, -0.15) is 0 Å². The third kappa shape index (κ3) is 5.59. The first-order chi connectivity index (χ1) is 11.9. The normalized spacial score (nSPS) is 22.8. The van der Waals surface area contributed by atoms with Crippen molar-refractivity contribution in [2.45, 2.75) is 46.1 Å². The maximum absolute atomic E-state index is 12.0. The predicted octanol–water partition coefficient (Wildman–Crippen LogP) is 2.74. The summed E-state index contributed by atoms with van der Waals surface area (Å²) in [6, 6.07) is 6.48. The Hall–Kier alpha value is -2.37. The molecule has 0 aromatic heterocycles. The van der Waals surface area contributed by atoms with Crippen molar-refractivity contribution in [1.29, 1.82) is 0 Å². The maximum Gasteiger partial charge on any atom is 0.338 e. The lowest BCUT2D eigenvalue weighted by molar-refractivity contribution is -0.125. The summed E-state index contributed by atoms with van der Waals surface area (Å²) in [6.07, 6.45) is 3.27. The molecule has 2 N–H and O–H groups in total. The largest absolute Gasteiger partial charge is 0.452 e. The van der Waals surface area contributed by atoms with Crippen molar-refractivity contribution in [3.8, 4) is 0 Å². The van der Waals surface area contributed by atoms with Gasteiger partial charge in [-0.05, 0) is 42.5 Å². The van der Waals surface area contributed by atoms with Crippen molar-refractivity contribution in [2.75, 3.05) is 11.9 Å². The SMILES string of the molecule is CC(=O)Nc1ccc(C(=O)OCC(=O)N[C@@H]2CCC[C@H](C)[C@H]2C)cc1. The third-order valence-electron chi connectivity index (χ3n) is 4.83.